The van der Waals surface area contributed by atoms with Gasteiger partial charge in [-0.05, 0) is 11.8 Å². The first-order valence-corrected chi connectivity index (χ1v) is 5.11. The van der Waals surface area contributed by atoms with Crippen molar-refractivity contribution in [3.63, 3.8) is 0 Å². The highest BCUT2D eigenvalue weighted by atomic mass is 32.2. The third kappa shape index (κ3) is 2.55. The van der Waals surface area contributed by atoms with E-state index >= 15 is 0 Å². The van der Waals surface area contributed by atoms with Gasteiger partial charge in [0.15, 0.2) is 5.16 Å². The number of nitrogens with two attached hydrogens (primary N) is 1. The molecule has 0 saturated heterocycles. The summed E-state index contributed by atoms with van der Waals surface area (Å²) in [6.45, 7) is 0. The first kappa shape index (κ1) is 10.6. The number of rotatable bonds is 3. The Hall–Kier alpha value is -1.93. The van der Waals surface area contributed by atoms with Crippen LogP contribution in [0.2, 0.25) is 0 Å². The molecule has 4 N–H and O–H groups in total. The molecule has 8 heteroatoms. The second kappa shape index (κ2) is 4.73. The van der Waals surface area contributed by atoms with Crippen molar-refractivity contribution >= 4 is 17.6 Å². The molecule has 2 aromatic rings. The van der Waals surface area contributed by atoms with Gasteiger partial charge in [0.05, 0.1) is 0 Å². The fourth-order valence-electron chi connectivity index (χ4n) is 0.977. The fraction of sp³-hybridized carbons (Fsp3) is 0. The normalized spacial score (nSPS) is 10.1. The Morgan fingerprint density at radius 3 is 3.00 bits per heavy atom. The topological polar surface area (TPSA) is 110 Å². The van der Waals surface area contributed by atoms with Crippen molar-refractivity contribution in [3.8, 4) is 0 Å². The minimum atomic E-state index is -0.205. The lowest BCUT2D eigenvalue weighted by atomic mass is 10.6. The smallest absolute Gasteiger partial charge is 0.251 e. The molecule has 0 fully saturated rings. The van der Waals surface area contributed by atoms with Crippen molar-refractivity contribution in [2.75, 3.05) is 5.43 Å². The summed E-state index contributed by atoms with van der Waals surface area (Å²) in [5.41, 5.74) is 2.20. The highest BCUT2D eigenvalue weighted by Crippen LogP contribution is 2.21. The molecule has 0 atom stereocenters. The van der Waals surface area contributed by atoms with Crippen LogP contribution in [0.25, 0.3) is 0 Å². The van der Waals surface area contributed by atoms with Crippen LogP contribution in [-0.4, -0.2) is 19.9 Å². The summed E-state index contributed by atoms with van der Waals surface area (Å²) < 4.78 is 0. The number of hydrogen-bond donors (Lipinski definition) is 3. The number of anilines is 1. The summed E-state index contributed by atoms with van der Waals surface area (Å²) in [5.74, 6) is 5.71. The van der Waals surface area contributed by atoms with E-state index in [2.05, 4.69) is 25.4 Å². The van der Waals surface area contributed by atoms with E-state index in [0.29, 0.717) is 16.0 Å². The van der Waals surface area contributed by atoms with Crippen LogP contribution in [0.3, 0.4) is 0 Å². The van der Waals surface area contributed by atoms with Gasteiger partial charge in [-0.15, -0.1) is 0 Å². The lowest BCUT2D eigenvalue weighted by molar-refractivity contribution is 0.929. The first-order valence-electron chi connectivity index (χ1n) is 4.30. The molecule has 0 radical (unpaired) electrons. The number of nitrogen functional groups attached to an aromatic ring is 1. The van der Waals surface area contributed by atoms with Crippen molar-refractivity contribution in [1.29, 1.82) is 0 Å². The van der Waals surface area contributed by atoms with Crippen LogP contribution < -0.4 is 16.8 Å². The van der Waals surface area contributed by atoms with Gasteiger partial charge in [-0.3, -0.25) is 4.79 Å². The number of aromatic nitrogens is 4. The van der Waals surface area contributed by atoms with Gasteiger partial charge >= 0.3 is 0 Å². The molecule has 2 rings (SSSR count). The monoisotopic (exact) mass is 236 g/mol. The van der Waals surface area contributed by atoms with Crippen LogP contribution >= 0.6 is 11.8 Å². The second-order valence-corrected chi connectivity index (χ2v) is 3.74. The van der Waals surface area contributed by atoms with Gasteiger partial charge in [-0.25, -0.2) is 20.8 Å². The van der Waals surface area contributed by atoms with Crippen LogP contribution in [0.4, 0.5) is 5.82 Å². The molecular weight excluding hydrogens is 228 g/mol. The summed E-state index contributed by atoms with van der Waals surface area (Å²) in [7, 11) is 0. The van der Waals surface area contributed by atoms with Crippen molar-refractivity contribution < 1.29 is 0 Å². The summed E-state index contributed by atoms with van der Waals surface area (Å²) in [6, 6.07) is 2.99. The molecule has 2 aromatic heterocycles. The summed E-state index contributed by atoms with van der Waals surface area (Å²) in [5, 5.41) is 1.10. The summed E-state index contributed by atoms with van der Waals surface area (Å²) in [6.07, 6.45) is 2.81. The summed E-state index contributed by atoms with van der Waals surface area (Å²) in [4.78, 5) is 25.5. The van der Waals surface area contributed by atoms with Crippen LogP contribution in [0.1, 0.15) is 0 Å². The zero-order valence-corrected chi connectivity index (χ0v) is 8.86. The molecule has 2 heterocycles. The van der Waals surface area contributed by atoms with Crippen molar-refractivity contribution in [3.05, 3.63) is 35.0 Å². The minimum Gasteiger partial charge on any atom is -0.308 e. The zero-order valence-electron chi connectivity index (χ0n) is 8.04. The quantitative estimate of drug-likeness (QED) is 0.298. The van der Waals surface area contributed by atoms with Gasteiger partial charge in [-0.1, -0.05) is 0 Å². The van der Waals surface area contributed by atoms with E-state index in [4.69, 9.17) is 5.84 Å². The number of nitrogens with zero attached hydrogens (tertiary/aromatic N) is 3. The van der Waals surface area contributed by atoms with Gasteiger partial charge < -0.3 is 10.4 Å². The molecule has 0 saturated carbocycles. The number of H-pyrrole nitrogens is 1. The number of aromatic amines is 1. The minimum absolute atomic E-state index is 0.205. The van der Waals surface area contributed by atoms with E-state index in [1.54, 1.807) is 6.07 Å². The van der Waals surface area contributed by atoms with Crippen molar-refractivity contribution in [2.24, 2.45) is 5.84 Å². The average molecular weight is 236 g/mol. The van der Waals surface area contributed by atoms with Gasteiger partial charge in [0.2, 0.25) is 0 Å². The van der Waals surface area contributed by atoms with Gasteiger partial charge in [0, 0.05) is 18.3 Å². The predicted octanol–water partition coefficient (Wildman–Crippen LogP) is -0.00330. The molecule has 16 heavy (non-hydrogen) atoms. The highest BCUT2D eigenvalue weighted by Gasteiger charge is 2.02. The standard InChI is InChI=1S/C8H8N6OS/c9-14-5-3-7(12-4-11-5)16-8-10-2-1-6(15)13-8/h1-4H,9H2,(H,10,13,15)(H,11,12,14). The Bertz CT molecular complexity index is 542. The Kier molecular flexibility index (Phi) is 3.13. The van der Waals surface area contributed by atoms with Gasteiger partial charge in [0.1, 0.15) is 17.2 Å². The molecule has 0 unspecified atom stereocenters. The van der Waals surface area contributed by atoms with Crippen LogP contribution in [0.15, 0.2) is 39.6 Å². The van der Waals surface area contributed by atoms with Gasteiger partial charge in [0.25, 0.3) is 5.56 Å². The molecule has 0 aliphatic carbocycles. The molecule has 0 bridgehead atoms. The molecule has 0 aliphatic heterocycles. The second-order valence-electron chi connectivity index (χ2n) is 2.73. The van der Waals surface area contributed by atoms with E-state index in [0.717, 1.165) is 0 Å². The maximum Gasteiger partial charge on any atom is 0.251 e. The molecule has 0 aromatic carbocycles. The maximum atomic E-state index is 11.0. The van der Waals surface area contributed by atoms with E-state index in [1.165, 1.54) is 30.4 Å². The van der Waals surface area contributed by atoms with Gasteiger partial charge in [-0.2, -0.15) is 0 Å². The van der Waals surface area contributed by atoms with E-state index < -0.39 is 0 Å². The molecule has 7 nitrogen and oxygen atoms in total. The lowest BCUT2D eigenvalue weighted by Gasteiger charge is -2.01. The average Bonchev–Trinajstić information content (AvgIpc) is 2.29. The molecule has 0 amide bonds. The van der Waals surface area contributed by atoms with E-state index in [-0.39, 0.29) is 5.56 Å². The SMILES string of the molecule is NNc1cc(Sc2nccc(=O)[nH]2)ncn1. The summed E-state index contributed by atoms with van der Waals surface area (Å²) >= 11 is 1.22. The van der Waals surface area contributed by atoms with Crippen LogP contribution in [0.5, 0.6) is 0 Å². The Labute approximate surface area is 94.5 Å². The Balaban J connectivity index is 2.23. The predicted molar refractivity (Wildman–Crippen MR) is 58.8 cm³/mol. The number of nitrogens with one attached hydrogen (secondary N) is 2. The van der Waals surface area contributed by atoms with E-state index in [9.17, 15) is 4.79 Å². The molecule has 0 aliphatic rings. The Morgan fingerprint density at radius 2 is 2.25 bits per heavy atom. The molecular formula is C8H8N6OS. The van der Waals surface area contributed by atoms with Crippen LogP contribution in [0, 0.1) is 0 Å². The maximum absolute atomic E-state index is 11.0. The molecule has 82 valence electrons. The largest absolute Gasteiger partial charge is 0.308 e. The molecule has 0 spiro atoms. The number of hydrogen-bond acceptors (Lipinski definition) is 7. The Morgan fingerprint density at radius 1 is 1.38 bits per heavy atom. The lowest BCUT2D eigenvalue weighted by Crippen LogP contribution is -2.09. The fourth-order valence-corrected chi connectivity index (χ4v) is 1.71. The third-order valence-electron chi connectivity index (χ3n) is 1.64. The number of hydrazine groups is 1. The highest BCUT2D eigenvalue weighted by molar-refractivity contribution is 7.99. The first-order chi connectivity index (χ1) is 7.78. The van der Waals surface area contributed by atoms with Crippen molar-refractivity contribution in [2.45, 2.75) is 10.2 Å². The van der Waals surface area contributed by atoms with E-state index in [1.807, 2.05) is 0 Å². The van der Waals surface area contributed by atoms with Crippen molar-refractivity contribution in [1.82, 2.24) is 19.9 Å². The van der Waals surface area contributed by atoms with Crippen LogP contribution in [-0.2, 0) is 0 Å². The zero-order chi connectivity index (χ0) is 11.4. The third-order valence-corrected chi connectivity index (χ3v) is 2.47.